The predicted octanol–water partition coefficient (Wildman–Crippen LogP) is 3.54. The largest absolute Gasteiger partial charge is 0.389 e. The van der Waals surface area contributed by atoms with Crippen molar-refractivity contribution >= 4 is 60.4 Å². The number of hydrogen-bond donors (Lipinski definition) is 2. The maximum Gasteiger partial charge on any atom is 0.261 e. The fraction of sp³-hybridized carbons (Fsp3) is 0. The van der Waals surface area contributed by atoms with E-state index in [1.807, 2.05) is 0 Å². The van der Waals surface area contributed by atoms with Crippen LogP contribution in [-0.4, -0.2) is 13.4 Å². The molecule has 0 aromatic heterocycles. The molecule has 0 spiro atoms. The number of halogens is 2. The molecule has 4 nitrogen and oxygen atoms in total. The molecular weight excluding hydrogens is 396 g/mol. The molecule has 0 radical (unpaired) electrons. The Morgan fingerprint density at radius 1 is 1.24 bits per heavy atom. The Hall–Kier alpha value is -1.15. The van der Waals surface area contributed by atoms with Gasteiger partial charge in [-0.25, -0.2) is 8.42 Å². The lowest BCUT2D eigenvalue weighted by molar-refractivity contribution is 0.601. The monoisotopic (exact) mass is 404 g/mol. The number of rotatable bonds is 4. The molecule has 2 aromatic carbocycles. The molecule has 0 unspecified atom stereocenters. The summed E-state index contributed by atoms with van der Waals surface area (Å²) in [6.07, 6.45) is 0. The van der Waals surface area contributed by atoms with Crippen LogP contribution in [0.1, 0.15) is 5.56 Å². The molecule has 21 heavy (non-hydrogen) atoms. The Bertz CT molecular complexity index is 810. The SMILES string of the molecule is NC(=S)c1cccc(S(=O)(=O)Nc2cc(Cl)ccc2Br)c1. The van der Waals surface area contributed by atoms with E-state index in [9.17, 15) is 8.42 Å². The molecule has 0 heterocycles. The van der Waals surface area contributed by atoms with Crippen LogP contribution < -0.4 is 10.5 Å². The first kappa shape index (κ1) is 16.2. The van der Waals surface area contributed by atoms with E-state index in [2.05, 4.69) is 20.7 Å². The van der Waals surface area contributed by atoms with Crippen molar-refractivity contribution in [1.29, 1.82) is 0 Å². The lowest BCUT2D eigenvalue weighted by Gasteiger charge is -2.11. The van der Waals surface area contributed by atoms with Gasteiger partial charge in [-0.3, -0.25) is 4.72 Å². The van der Waals surface area contributed by atoms with Crippen molar-refractivity contribution in [3.05, 3.63) is 57.5 Å². The van der Waals surface area contributed by atoms with Crippen molar-refractivity contribution in [1.82, 2.24) is 0 Å². The van der Waals surface area contributed by atoms with Crippen LogP contribution in [0.5, 0.6) is 0 Å². The molecule has 3 N–H and O–H groups in total. The smallest absolute Gasteiger partial charge is 0.261 e. The molecule has 0 aliphatic carbocycles. The summed E-state index contributed by atoms with van der Waals surface area (Å²) >= 11 is 14.0. The number of thiocarbonyl (C=S) groups is 1. The first-order valence-corrected chi connectivity index (χ1v) is 8.73. The van der Waals surface area contributed by atoms with Crippen molar-refractivity contribution in [2.45, 2.75) is 4.90 Å². The van der Waals surface area contributed by atoms with Gasteiger partial charge in [0, 0.05) is 15.1 Å². The molecule has 0 fully saturated rings. The maximum absolute atomic E-state index is 12.4. The van der Waals surface area contributed by atoms with Gasteiger partial charge < -0.3 is 5.73 Å². The average molecular weight is 406 g/mol. The Labute approximate surface area is 141 Å². The third-order valence-electron chi connectivity index (χ3n) is 2.60. The zero-order chi connectivity index (χ0) is 15.6. The molecule has 0 amide bonds. The summed E-state index contributed by atoms with van der Waals surface area (Å²) in [5.74, 6) is 0. The molecule has 2 aromatic rings. The van der Waals surface area contributed by atoms with E-state index in [0.29, 0.717) is 20.7 Å². The van der Waals surface area contributed by atoms with E-state index in [4.69, 9.17) is 29.6 Å². The van der Waals surface area contributed by atoms with Gasteiger partial charge in [0.15, 0.2) is 0 Å². The maximum atomic E-state index is 12.4. The normalized spacial score (nSPS) is 11.1. The van der Waals surface area contributed by atoms with Gasteiger partial charge >= 0.3 is 0 Å². The van der Waals surface area contributed by atoms with E-state index in [1.165, 1.54) is 18.2 Å². The number of anilines is 1. The van der Waals surface area contributed by atoms with E-state index >= 15 is 0 Å². The molecule has 0 aliphatic heterocycles. The van der Waals surface area contributed by atoms with Gasteiger partial charge in [-0.15, -0.1) is 0 Å². The van der Waals surface area contributed by atoms with Gasteiger partial charge in [0.05, 0.1) is 10.6 Å². The summed E-state index contributed by atoms with van der Waals surface area (Å²) in [7, 11) is -3.76. The first-order valence-electron chi connectivity index (χ1n) is 5.67. The quantitative estimate of drug-likeness (QED) is 0.763. The van der Waals surface area contributed by atoms with E-state index in [0.717, 1.165) is 0 Å². The van der Waals surface area contributed by atoms with Crippen molar-refractivity contribution < 1.29 is 8.42 Å². The van der Waals surface area contributed by atoms with Crippen LogP contribution in [0.2, 0.25) is 5.02 Å². The molecule has 0 saturated carbocycles. The summed E-state index contributed by atoms with van der Waals surface area (Å²) in [6, 6.07) is 10.9. The minimum absolute atomic E-state index is 0.0691. The molecule has 110 valence electrons. The van der Waals surface area contributed by atoms with E-state index < -0.39 is 10.0 Å². The highest BCUT2D eigenvalue weighted by molar-refractivity contribution is 9.10. The van der Waals surface area contributed by atoms with Crippen molar-refractivity contribution in [2.75, 3.05) is 4.72 Å². The van der Waals surface area contributed by atoms with Gasteiger partial charge in [0.25, 0.3) is 10.0 Å². The Morgan fingerprint density at radius 2 is 1.95 bits per heavy atom. The molecule has 2 rings (SSSR count). The second-order valence-corrected chi connectivity index (χ2v) is 7.53. The van der Waals surface area contributed by atoms with Gasteiger partial charge in [-0.1, -0.05) is 36.0 Å². The number of nitrogens with two attached hydrogens (primary N) is 1. The van der Waals surface area contributed by atoms with Crippen LogP contribution in [-0.2, 0) is 10.0 Å². The number of sulfonamides is 1. The van der Waals surface area contributed by atoms with Gasteiger partial charge in [0.1, 0.15) is 4.99 Å². The van der Waals surface area contributed by atoms with Crippen LogP contribution in [0.15, 0.2) is 51.8 Å². The fourth-order valence-corrected chi connectivity index (χ4v) is 3.49. The van der Waals surface area contributed by atoms with Crippen LogP contribution >= 0.6 is 39.7 Å². The average Bonchev–Trinajstić information content (AvgIpc) is 2.43. The van der Waals surface area contributed by atoms with Crippen LogP contribution in [0.4, 0.5) is 5.69 Å². The van der Waals surface area contributed by atoms with Gasteiger partial charge in [-0.05, 0) is 46.3 Å². The Kier molecular flexibility index (Phi) is 4.88. The number of benzene rings is 2. The summed E-state index contributed by atoms with van der Waals surface area (Å²) in [5.41, 5.74) is 6.35. The van der Waals surface area contributed by atoms with Crippen molar-refractivity contribution in [2.24, 2.45) is 5.73 Å². The third kappa shape index (κ3) is 3.94. The standard InChI is InChI=1S/C13H10BrClN2O2S2/c14-11-5-4-9(15)7-12(11)17-21(18,19)10-3-1-2-8(6-10)13(16)20/h1-7,17H,(H2,16,20). The number of hydrogen-bond acceptors (Lipinski definition) is 3. The van der Waals surface area contributed by atoms with Crippen LogP contribution in [0.3, 0.4) is 0 Å². The molecular formula is C13H10BrClN2O2S2. The fourth-order valence-electron chi connectivity index (χ4n) is 1.60. The summed E-state index contributed by atoms with van der Waals surface area (Å²) in [5, 5.41) is 0.424. The second-order valence-electron chi connectivity index (χ2n) is 4.12. The Balaban J connectivity index is 2.41. The summed E-state index contributed by atoms with van der Waals surface area (Å²) in [4.78, 5) is 0.204. The highest BCUT2D eigenvalue weighted by Gasteiger charge is 2.16. The van der Waals surface area contributed by atoms with E-state index in [-0.39, 0.29) is 9.88 Å². The molecule has 8 heteroatoms. The van der Waals surface area contributed by atoms with Gasteiger partial charge in [-0.2, -0.15) is 0 Å². The zero-order valence-corrected chi connectivity index (χ0v) is 14.5. The molecule has 0 bridgehead atoms. The van der Waals surface area contributed by atoms with E-state index in [1.54, 1.807) is 24.3 Å². The highest BCUT2D eigenvalue weighted by Crippen LogP contribution is 2.28. The second kappa shape index (κ2) is 6.31. The highest BCUT2D eigenvalue weighted by atomic mass is 79.9. The predicted molar refractivity (Wildman–Crippen MR) is 92.3 cm³/mol. The topological polar surface area (TPSA) is 72.2 Å². The first-order chi connectivity index (χ1) is 9.79. The number of nitrogens with one attached hydrogen (secondary N) is 1. The van der Waals surface area contributed by atoms with Crippen LogP contribution in [0, 0.1) is 0 Å². The lowest BCUT2D eigenvalue weighted by atomic mass is 10.2. The summed E-state index contributed by atoms with van der Waals surface area (Å²) in [6.45, 7) is 0. The summed E-state index contributed by atoms with van der Waals surface area (Å²) < 4.78 is 27.8. The molecule has 0 saturated heterocycles. The van der Waals surface area contributed by atoms with Crippen LogP contribution in [0.25, 0.3) is 0 Å². The van der Waals surface area contributed by atoms with Gasteiger partial charge in [0.2, 0.25) is 0 Å². The Morgan fingerprint density at radius 3 is 2.62 bits per heavy atom. The zero-order valence-electron chi connectivity index (χ0n) is 10.5. The minimum Gasteiger partial charge on any atom is -0.389 e. The lowest BCUT2D eigenvalue weighted by Crippen LogP contribution is -2.15. The van der Waals surface area contributed by atoms with Crippen molar-refractivity contribution in [3.8, 4) is 0 Å². The van der Waals surface area contributed by atoms with Crippen molar-refractivity contribution in [3.63, 3.8) is 0 Å². The third-order valence-corrected chi connectivity index (χ3v) is 5.13. The molecule has 0 atom stereocenters. The minimum atomic E-state index is -3.76. The molecule has 0 aliphatic rings.